The molecule has 30 rings (SSSR count). The summed E-state index contributed by atoms with van der Waals surface area (Å²) in [6.45, 7) is 33.1. The number of rotatable bonds is 7. The van der Waals surface area contributed by atoms with Gasteiger partial charge in [0.1, 0.15) is 4.83 Å². The number of para-hydroxylation sites is 5. The monoisotopic (exact) mass is 1920 g/mol. The van der Waals surface area contributed by atoms with Crippen LogP contribution in [0.4, 0.5) is 51.2 Å². The zero-order valence-corrected chi connectivity index (χ0v) is 86.1. The molecule has 0 unspecified atom stereocenters. The Bertz CT molecular complexity index is 9840. The van der Waals surface area contributed by atoms with E-state index in [2.05, 4.69) is 490 Å². The van der Waals surface area contributed by atoms with Crippen molar-refractivity contribution >= 4 is 137 Å². The highest BCUT2D eigenvalue weighted by atomic mass is 32.1. The van der Waals surface area contributed by atoms with Crippen molar-refractivity contribution in [2.45, 2.75) is 135 Å². The molecule has 7 heterocycles. The van der Waals surface area contributed by atoms with E-state index < -0.39 is 0 Å². The first kappa shape index (κ1) is 82.5. The molecule has 0 saturated heterocycles. The average Bonchev–Trinajstić information content (AvgIpc) is 1.64. The Labute approximate surface area is 869 Å². The van der Waals surface area contributed by atoms with Crippen LogP contribution < -0.4 is 14.7 Å². The molecule has 23 aromatic rings. The van der Waals surface area contributed by atoms with Crippen molar-refractivity contribution in [3.63, 3.8) is 0 Å². The quantitative estimate of drug-likeness (QED) is 0.159. The van der Waals surface area contributed by atoms with Crippen LogP contribution in [0, 0.1) is 0 Å². The largest absolute Gasteiger partial charge is 0.310 e. The fourth-order valence-corrected chi connectivity index (χ4v) is 28.8. The molecular formula is C139H111N5S2. The van der Waals surface area contributed by atoms with E-state index in [1.54, 1.807) is 11.3 Å². The molecule has 19 aromatic carbocycles. The fourth-order valence-electron chi connectivity index (χ4n) is 26.8. The summed E-state index contributed by atoms with van der Waals surface area (Å²) in [6, 6.07) is 141. The number of fused-ring (bicyclic) bond motifs is 27. The van der Waals surface area contributed by atoms with E-state index >= 15 is 0 Å². The summed E-state index contributed by atoms with van der Waals surface area (Å²) in [5, 5.41) is 9.52. The normalized spacial score (nSPS) is 16.3. The standard InChI is InChI=1S/C51H42N2.C48H37NS.C40H32N2S/c1-49(2)39-18-10-7-15-33(39)35-25-23-31(27-42(35)49)53-46-22-14-12-20-41(46)51(5,6)44-28-32(24-26-47(44)53)52-45-21-13-9-17-36(45)38-29-37-34-16-8-11-19-40(34)50(3,4)43(37)30-48(38)52;1-47(2)39-15-9-8-14-35(39)36-22-21-34(29-41(36)47)49-43-17-11-10-16-40(43)48(3,4)42-28-33(18-23-44(42)49)32-20-25-46-38(27-32)37-26-31(19-24-45(37)50-46)30-12-6-5-7-13-30;1-39(2)31-13-7-5-11-27(31)28-19-17-25(23-33(28)39)41-36-16-10-8-14-32(36)40(3,4)34-24-26(18-20-37(34)41)42-35-15-9-6-12-29(35)30-21-22-43-38(30)42/h7-30H,1-6H3;5-29H,1-4H3;5-24H,1-4H3/i;5D,6D,7D,12D,13D;. The second-order valence-corrected chi connectivity index (χ2v) is 46.7. The van der Waals surface area contributed by atoms with Crippen molar-refractivity contribution in [2.75, 3.05) is 14.7 Å². The molecule has 5 nitrogen and oxygen atoms in total. The maximum atomic E-state index is 8.58. The van der Waals surface area contributed by atoms with Crippen molar-refractivity contribution in [2.24, 2.45) is 0 Å². The first-order valence-electron chi connectivity index (χ1n) is 53.8. The van der Waals surface area contributed by atoms with E-state index in [9.17, 15) is 0 Å². The Morgan fingerprint density at radius 2 is 0.514 bits per heavy atom. The van der Waals surface area contributed by atoms with Crippen molar-refractivity contribution < 1.29 is 6.85 Å². The highest BCUT2D eigenvalue weighted by molar-refractivity contribution is 7.25. The van der Waals surface area contributed by atoms with Crippen LogP contribution in [0.2, 0.25) is 0 Å². The Morgan fingerprint density at radius 1 is 0.199 bits per heavy atom. The molecule has 0 bridgehead atoms. The lowest BCUT2D eigenvalue weighted by Crippen LogP contribution is -2.31. The third-order valence-electron chi connectivity index (χ3n) is 34.4. The zero-order chi connectivity index (χ0) is 103. The van der Waals surface area contributed by atoms with Crippen LogP contribution in [-0.4, -0.2) is 9.13 Å². The second kappa shape index (κ2) is 31.6. The van der Waals surface area contributed by atoms with Gasteiger partial charge in [0, 0.05) is 108 Å². The third-order valence-corrected chi connectivity index (χ3v) is 36.4. The molecule has 704 valence electrons. The Balaban J connectivity index is 0.000000109. The van der Waals surface area contributed by atoms with Crippen LogP contribution in [0.3, 0.4) is 0 Å². The minimum absolute atomic E-state index is 0.0508. The van der Waals surface area contributed by atoms with Gasteiger partial charge in [0.15, 0.2) is 0 Å². The maximum absolute atomic E-state index is 8.58. The zero-order valence-electron chi connectivity index (χ0n) is 89.5. The van der Waals surface area contributed by atoms with Crippen LogP contribution in [-0.2, 0) is 37.9 Å². The SMILES string of the molecule is CC1(C)c2ccccc2-c2ccc(N3c4ccccc4C(C)(C)c4cc(-n5c6ccccc6c6cc7c(cc65)C(C)(C)c5ccccc5-7)ccc43)cc21.CC1(C)c2ccccc2-c2ccc(N3c4ccccc4C(C)(C)c4cc(-n5c6ccccc6c6ccsc65)ccc43)cc21.[2H]c1c([2H])c([2H])c(-c2ccc3sc4ccc(-c5ccc6c(c5)C(C)(C)c5ccccc5N6c5ccc6c(c5)C(C)(C)c5ccccc5-6)cc4c3c2)c([2H])c1[2H]. The number of nitrogens with zero attached hydrogens (tertiary/aromatic N) is 5. The van der Waals surface area contributed by atoms with E-state index in [1.165, 1.54) is 222 Å². The van der Waals surface area contributed by atoms with Gasteiger partial charge < -0.3 is 23.8 Å². The van der Waals surface area contributed by atoms with Crippen molar-refractivity contribution in [3.05, 3.63) is 496 Å². The predicted octanol–water partition coefficient (Wildman–Crippen LogP) is 38.6. The number of aromatic nitrogens is 2. The maximum Gasteiger partial charge on any atom is 0.108 e. The van der Waals surface area contributed by atoms with Gasteiger partial charge in [0.2, 0.25) is 0 Å². The van der Waals surface area contributed by atoms with Crippen molar-refractivity contribution in [1.29, 1.82) is 0 Å². The van der Waals surface area contributed by atoms with E-state index in [4.69, 9.17) is 6.85 Å². The van der Waals surface area contributed by atoms with Gasteiger partial charge in [-0.25, -0.2) is 0 Å². The Morgan fingerprint density at radius 3 is 0.966 bits per heavy atom. The van der Waals surface area contributed by atoms with Crippen molar-refractivity contribution in [3.8, 4) is 78.1 Å². The van der Waals surface area contributed by atoms with Crippen LogP contribution in [0.1, 0.15) is 182 Å². The molecule has 0 amide bonds. The lowest BCUT2D eigenvalue weighted by atomic mass is 9.72. The molecule has 3 aliphatic heterocycles. The molecule has 0 fully saturated rings. The van der Waals surface area contributed by atoms with Gasteiger partial charge in [-0.2, -0.15) is 0 Å². The van der Waals surface area contributed by atoms with Gasteiger partial charge in [-0.3, -0.25) is 0 Å². The molecular weight excluding hydrogens is 1800 g/mol. The smallest absolute Gasteiger partial charge is 0.108 e. The van der Waals surface area contributed by atoms with Crippen LogP contribution in [0.5, 0.6) is 0 Å². The summed E-state index contributed by atoms with van der Waals surface area (Å²) in [4.78, 5) is 8.74. The summed E-state index contributed by atoms with van der Waals surface area (Å²) < 4.78 is 48.9. The van der Waals surface area contributed by atoms with E-state index in [1.807, 2.05) is 29.5 Å². The summed E-state index contributed by atoms with van der Waals surface area (Å²) >= 11 is 3.52. The van der Waals surface area contributed by atoms with Gasteiger partial charge in [0.05, 0.1) is 57.5 Å². The van der Waals surface area contributed by atoms with Crippen LogP contribution in [0.25, 0.3) is 141 Å². The van der Waals surface area contributed by atoms with Crippen molar-refractivity contribution in [1.82, 2.24) is 9.13 Å². The van der Waals surface area contributed by atoms with Gasteiger partial charge in [-0.1, -0.05) is 352 Å². The molecule has 146 heavy (non-hydrogen) atoms. The minimum Gasteiger partial charge on any atom is -0.310 e. The number of benzene rings is 19. The molecule has 0 N–H and O–H groups in total. The van der Waals surface area contributed by atoms with Crippen LogP contribution >= 0.6 is 22.7 Å². The number of thiophene rings is 2. The minimum atomic E-state index is -0.382. The van der Waals surface area contributed by atoms with E-state index in [0.29, 0.717) is 5.56 Å². The first-order chi connectivity index (χ1) is 72.8. The second-order valence-electron chi connectivity index (χ2n) is 44.7. The summed E-state index contributed by atoms with van der Waals surface area (Å²) in [6.07, 6.45) is 0. The van der Waals surface area contributed by atoms with Gasteiger partial charge in [-0.05, 0) is 308 Å². The van der Waals surface area contributed by atoms with E-state index in [-0.39, 0.29) is 73.7 Å². The molecule has 0 radical (unpaired) electrons. The van der Waals surface area contributed by atoms with Gasteiger partial charge in [-0.15, -0.1) is 22.7 Å². The molecule has 7 aliphatic rings. The highest BCUT2D eigenvalue weighted by Crippen LogP contribution is 2.62. The molecule has 7 heteroatoms. The first-order valence-corrected chi connectivity index (χ1v) is 53.0. The van der Waals surface area contributed by atoms with Gasteiger partial charge >= 0.3 is 0 Å². The topological polar surface area (TPSA) is 19.6 Å². The van der Waals surface area contributed by atoms with E-state index in [0.717, 1.165) is 37.0 Å². The molecule has 0 atom stereocenters. The summed E-state index contributed by atoms with van der Waals surface area (Å²) in [5.74, 6) is 0. The highest BCUT2D eigenvalue weighted by Gasteiger charge is 2.46. The summed E-state index contributed by atoms with van der Waals surface area (Å²) in [7, 11) is 0. The lowest BCUT2D eigenvalue weighted by molar-refractivity contribution is 0.631. The fraction of sp³-hybridized carbons (Fsp3) is 0.151. The Hall–Kier alpha value is -15.9. The number of anilines is 9. The number of hydrogen-bond donors (Lipinski definition) is 0. The van der Waals surface area contributed by atoms with Crippen LogP contribution in [0.15, 0.2) is 418 Å². The summed E-state index contributed by atoms with van der Waals surface area (Å²) in [5.41, 5.74) is 49.0. The lowest BCUT2D eigenvalue weighted by Gasteiger charge is -2.42. The number of hydrogen-bond acceptors (Lipinski definition) is 5. The Kier molecular flexibility index (Phi) is 17.8. The molecule has 0 saturated carbocycles. The predicted molar refractivity (Wildman–Crippen MR) is 620 cm³/mol. The molecule has 4 aromatic heterocycles. The average molecular weight is 1920 g/mol. The molecule has 4 aliphatic carbocycles. The van der Waals surface area contributed by atoms with Gasteiger partial charge in [0.25, 0.3) is 0 Å². The third kappa shape index (κ3) is 12.6. The molecule has 0 spiro atoms.